The fourth-order valence-corrected chi connectivity index (χ4v) is 5.95. The van der Waals surface area contributed by atoms with Crippen LogP contribution in [0.3, 0.4) is 0 Å². The molecule has 1 atom stereocenters. The van der Waals surface area contributed by atoms with Crippen molar-refractivity contribution in [3.8, 4) is 11.1 Å². The quantitative estimate of drug-likeness (QED) is 0.164. The molecule has 6 heteroatoms. The Balaban J connectivity index is 1.37. The van der Waals surface area contributed by atoms with Gasteiger partial charge in [-0.1, -0.05) is 110 Å². The van der Waals surface area contributed by atoms with E-state index in [1.54, 1.807) is 36.4 Å². The summed E-state index contributed by atoms with van der Waals surface area (Å²) in [5.41, 5.74) is 5.38. The number of carboxylic acids is 1. The SMILES string of the molecule is O=C(O)CCNC(=O)c1ccc(C(CC(=O)c2ccc(C3CCCCC3)cc2)C(=O)c2ccc(-c3ccccc3)cc2)cc1. The van der Waals surface area contributed by atoms with Crippen molar-refractivity contribution in [3.63, 3.8) is 0 Å². The number of hydrogen-bond acceptors (Lipinski definition) is 4. The Morgan fingerprint density at radius 2 is 1.27 bits per heavy atom. The Hall–Kier alpha value is -4.84. The second-order valence-electron chi connectivity index (χ2n) is 11.5. The van der Waals surface area contributed by atoms with Gasteiger partial charge in [0.1, 0.15) is 0 Å². The molecule has 4 aromatic carbocycles. The van der Waals surface area contributed by atoms with E-state index in [4.69, 9.17) is 5.11 Å². The molecule has 2 N–H and O–H groups in total. The normalized spacial score (nSPS) is 14.0. The molecule has 0 spiro atoms. The van der Waals surface area contributed by atoms with Gasteiger partial charge < -0.3 is 10.4 Å². The third-order valence-electron chi connectivity index (χ3n) is 8.49. The van der Waals surface area contributed by atoms with E-state index >= 15 is 0 Å². The van der Waals surface area contributed by atoms with Crippen LogP contribution in [0.2, 0.25) is 0 Å². The molecular weight excluding hydrogens is 550 g/mol. The Labute approximate surface area is 258 Å². The number of benzene rings is 4. The van der Waals surface area contributed by atoms with E-state index < -0.39 is 17.8 Å². The lowest BCUT2D eigenvalue weighted by atomic mass is 9.82. The van der Waals surface area contributed by atoms with Gasteiger partial charge in [-0.15, -0.1) is 0 Å². The van der Waals surface area contributed by atoms with E-state index in [2.05, 4.69) is 17.4 Å². The van der Waals surface area contributed by atoms with Gasteiger partial charge in [0, 0.05) is 29.7 Å². The van der Waals surface area contributed by atoms with Crippen molar-refractivity contribution in [1.29, 1.82) is 0 Å². The summed E-state index contributed by atoms with van der Waals surface area (Å²) in [5, 5.41) is 11.4. The van der Waals surface area contributed by atoms with Gasteiger partial charge in [-0.25, -0.2) is 0 Å². The molecule has 1 unspecified atom stereocenters. The van der Waals surface area contributed by atoms with Crippen molar-refractivity contribution in [2.24, 2.45) is 0 Å². The topological polar surface area (TPSA) is 101 Å². The first-order valence-electron chi connectivity index (χ1n) is 15.3. The Morgan fingerprint density at radius 1 is 0.682 bits per heavy atom. The number of Topliss-reactive ketones (excluding diaryl/α,β-unsaturated/α-hetero) is 2. The van der Waals surface area contributed by atoms with Gasteiger partial charge in [0.2, 0.25) is 0 Å². The average Bonchev–Trinajstić information content (AvgIpc) is 3.07. The summed E-state index contributed by atoms with van der Waals surface area (Å²) in [7, 11) is 0. The van der Waals surface area contributed by atoms with Crippen LogP contribution in [0.4, 0.5) is 0 Å². The molecule has 0 heterocycles. The minimum atomic E-state index is -0.993. The van der Waals surface area contributed by atoms with Crippen LogP contribution in [0, 0.1) is 0 Å². The van der Waals surface area contributed by atoms with E-state index in [0.717, 1.165) is 11.1 Å². The fourth-order valence-electron chi connectivity index (χ4n) is 5.95. The van der Waals surface area contributed by atoms with Gasteiger partial charge in [-0.05, 0) is 53.1 Å². The molecule has 0 aromatic heterocycles. The summed E-state index contributed by atoms with van der Waals surface area (Å²) in [4.78, 5) is 50.8. The predicted octanol–water partition coefficient (Wildman–Crippen LogP) is 7.85. The zero-order valence-electron chi connectivity index (χ0n) is 24.7. The largest absolute Gasteiger partial charge is 0.481 e. The van der Waals surface area contributed by atoms with Crippen LogP contribution in [0.1, 0.15) is 99.0 Å². The second-order valence-corrected chi connectivity index (χ2v) is 11.5. The summed E-state index contributed by atoms with van der Waals surface area (Å²) in [6, 6.07) is 31.8. The van der Waals surface area contributed by atoms with Crippen molar-refractivity contribution in [2.45, 2.75) is 56.8 Å². The Morgan fingerprint density at radius 3 is 1.91 bits per heavy atom. The van der Waals surface area contributed by atoms with Crippen LogP contribution < -0.4 is 5.32 Å². The molecule has 224 valence electrons. The van der Waals surface area contributed by atoms with E-state index in [9.17, 15) is 19.2 Å². The number of rotatable bonds is 12. The maximum atomic E-state index is 14.0. The summed E-state index contributed by atoms with van der Waals surface area (Å²) in [6.45, 7) is 0.0179. The molecule has 6 nitrogen and oxygen atoms in total. The van der Waals surface area contributed by atoms with E-state index in [1.807, 2.05) is 54.6 Å². The number of carboxylic acid groups (broad SMARTS) is 1. The van der Waals surface area contributed by atoms with Crippen LogP contribution in [0.15, 0.2) is 103 Å². The molecule has 1 aliphatic carbocycles. The van der Waals surface area contributed by atoms with Crippen molar-refractivity contribution in [3.05, 3.63) is 131 Å². The summed E-state index contributed by atoms with van der Waals surface area (Å²) in [6.07, 6.45) is 5.95. The Bertz CT molecular complexity index is 1590. The first kappa shape index (κ1) is 30.6. The number of carbonyl (C=O) groups excluding carboxylic acids is 3. The third kappa shape index (κ3) is 7.75. The second kappa shape index (κ2) is 14.6. The first-order chi connectivity index (χ1) is 21.4. The van der Waals surface area contributed by atoms with Gasteiger partial charge in [0.25, 0.3) is 5.91 Å². The molecule has 1 aliphatic rings. The molecule has 4 aromatic rings. The molecule has 5 rings (SSSR count). The molecule has 1 saturated carbocycles. The Kier molecular flexibility index (Phi) is 10.1. The van der Waals surface area contributed by atoms with Crippen LogP contribution in [-0.4, -0.2) is 35.1 Å². The fraction of sp³-hybridized carbons (Fsp3) is 0.263. The number of aliphatic carboxylic acids is 1. The van der Waals surface area contributed by atoms with E-state index in [0.29, 0.717) is 28.2 Å². The molecule has 1 amide bonds. The van der Waals surface area contributed by atoms with Gasteiger partial charge >= 0.3 is 5.97 Å². The monoisotopic (exact) mass is 587 g/mol. The third-order valence-corrected chi connectivity index (χ3v) is 8.49. The van der Waals surface area contributed by atoms with Gasteiger partial charge in [0.05, 0.1) is 12.3 Å². The number of amides is 1. The van der Waals surface area contributed by atoms with Crippen molar-refractivity contribution in [2.75, 3.05) is 6.54 Å². The highest BCUT2D eigenvalue weighted by Gasteiger charge is 2.26. The zero-order valence-corrected chi connectivity index (χ0v) is 24.7. The van der Waals surface area contributed by atoms with E-state index in [1.165, 1.54) is 37.7 Å². The molecule has 0 aliphatic heterocycles. The lowest BCUT2D eigenvalue weighted by molar-refractivity contribution is -0.136. The molecule has 0 bridgehead atoms. The molecule has 0 saturated heterocycles. The van der Waals surface area contributed by atoms with Crippen LogP contribution in [0.25, 0.3) is 11.1 Å². The number of carbonyl (C=O) groups is 4. The molecule has 0 radical (unpaired) electrons. The molecule has 1 fully saturated rings. The van der Waals surface area contributed by atoms with Crippen LogP contribution >= 0.6 is 0 Å². The highest BCUT2D eigenvalue weighted by Crippen LogP contribution is 2.33. The standard InChI is InChI=1S/C38H37NO5/c40-35(31-17-11-28(12-18-31)26-7-3-1-4-8-26)25-34(30-15-21-33(22-16-30)38(44)39-24-23-36(41)42)37(43)32-19-13-29(14-20-32)27-9-5-2-6-10-27/h2,5-6,9-22,26,34H,1,3-4,7-8,23-25H2,(H,39,44)(H,41,42). The van der Waals surface area contributed by atoms with Gasteiger partial charge in [0.15, 0.2) is 11.6 Å². The highest BCUT2D eigenvalue weighted by atomic mass is 16.4. The molecular formula is C38H37NO5. The van der Waals surface area contributed by atoms with Gasteiger partial charge in [-0.3, -0.25) is 19.2 Å². The maximum Gasteiger partial charge on any atom is 0.305 e. The zero-order chi connectivity index (χ0) is 30.9. The smallest absolute Gasteiger partial charge is 0.305 e. The molecule has 44 heavy (non-hydrogen) atoms. The van der Waals surface area contributed by atoms with Crippen LogP contribution in [-0.2, 0) is 4.79 Å². The van der Waals surface area contributed by atoms with Crippen molar-refractivity contribution < 1.29 is 24.3 Å². The minimum absolute atomic E-state index is 0.00774. The van der Waals surface area contributed by atoms with Crippen LogP contribution in [0.5, 0.6) is 0 Å². The van der Waals surface area contributed by atoms with E-state index in [-0.39, 0.29) is 31.0 Å². The van der Waals surface area contributed by atoms with Gasteiger partial charge in [-0.2, -0.15) is 0 Å². The minimum Gasteiger partial charge on any atom is -0.481 e. The average molecular weight is 588 g/mol. The number of hydrogen-bond donors (Lipinski definition) is 2. The number of ketones is 2. The number of nitrogens with one attached hydrogen (secondary N) is 1. The first-order valence-corrected chi connectivity index (χ1v) is 15.3. The lowest BCUT2D eigenvalue weighted by Gasteiger charge is -2.22. The predicted molar refractivity (Wildman–Crippen MR) is 171 cm³/mol. The maximum absolute atomic E-state index is 14.0. The van der Waals surface area contributed by atoms with Crippen molar-refractivity contribution in [1.82, 2.24) is 5.32 Å². The highest BCUT2D eigenvalue weighted by molar-refractivity contribution is 6.06. The lowest BCUT2D eigenvalue weighted by Crippen LogP contribution is -2.26. The summed E-state index contributed by atoms with van der Waals surface area (Å²) in [5.74, 6) is -1.88. The van der Waals surface area contributed by atoms with Crippen molar-refractivity contribution >= 4 is 23.4 Å². The summed E-state index contributed by atoms with van der Waals surface area (Å²) < 4.78 is 0. The summed E-state index contributed by atoms with van der Waals surface area (Å²) >= 11 is 0.